The van der Waals surface area contributed by atoms with E-state index < -0.39 is 0 Å². The average Bonchev–Trinajstić information content (AvgIpc) is 3.08. The number of fused-ring (bicyclic) bond motifs is 2. The van der Waals surface area contributed by atoms with Gasteiger partial charge in [0.1, 0.15) is 0 Å². The molecule has 0 N–H and O–H groups in total. The number of benzene rings is 1. The van der Waals surface area contributed by atoms with Gasteiger partial charge in [-0.1, -0.05) is 18.2 Å². The molecule has 2 saturated heterocycles. The summed E-state index contributed by atoms with van der Waals surface area (Å²) < 4.78 is 5.18. The number of carbonyl (C=O) groups excluding carboxylic acids is 2. The van der Waals surface area contributed by atoms with Gasteiger partial charge in [0, 0.05) is 50.4 Å². The Bertz CT molecular complexity index is 824. The molecule has 0 saturated carbocycles. The maximum Gasteiger partial charge on any atom is 0.409 e. The fourth-order valence-corrected chi connectivity index (χ4v) is 5.65. The number of para-hydroxylation sites is 1. The molecule has 0 aliphatic carbocycles. The van der Waals surface area contributed by atoms with E-state index in [-0.39, 0.29) is 23.1 Å². The molecule has 0 aromatic heterocycles. The first-order valence-corrected chi connectivity index (χ1v) is 11.5. The lowest BCUT2D eigenvalue weighted by Gasteiger charge is -2.51. The van der Waals surface area contributed by atoms with Crippen molar-refractivity contribution < 1.29 is 14.3 Å². The smallest absolute Gasteiger partial charge is 0.409 e. The second-order valence-electron chi connectivity index (χ2n) is 9.73. The Kier molecular flexibility index (Phi) is 5.90. The zero-order chi connectivity index (χ0) is 22.2. The highest BCUT2D eigenvalue weighted by atomic mass is 16.6. The summed E-state index contributed by atoms with van der Waals surface area (Å²) in [5, 5.41) is 0. The first-order valence-electron chi connectivity index (χ1n) is 11.5. The quantitative estimate of drug-likeness (QED) is 0.723. The maximum absolute atomic E-state index is 12.8. The van der Waals surface area contributed by atoms with Crippen molar-refractivity contribution in [3.05, 3.63) is 29.8 Å². The fraction of sp³-hybridized carbons (Fsp3) is 0.667. The minimum atomic E-state index is -0.185. The first kappa shape index (κ1) is 21.9. The second kappa shape index (κ2) is 8.34. The van der Waals surface area contributed by atoms with Gasteiger partial charge in [-0.15, -0.1) is 0 Å². The number of piperidine rings is 2. The molecule has 1 spiro atoms. The third-order valence-corrected chi connectivity index (χ3v) is 7.69. The number of hydrogen-bond acceptors (Lipinski definition) is 4. The molecule has 170 valence electrons. The van der Waals surface area contributed by atoms with Crippen molar-refractivity contribution in [2.24, 2.45) is 0 Å². The third-order valence-electron chi connectivity index (χ3n) is 7.69. The van der Waals surface area contributed by atoms with Gasteiger partial charge in [-0.3, -0.25) is 9.80 Å². The molecule has 31 heavy (non-hydrogen) atoms. The predicted octanol–water partition coefficient (Wildman–Crippen LogP) is 3.53. The molecule has 3 amide bonds. The highest BCUT2D eigenvalue weighted by molar-refractivity contribution is 5.95. The molecule has 0 atom stereocenters. The molecule has 0 unspecified atom stereocenters. The van der Waals surface area contributed by atoms with E-state index in [0.717, 1.165) is 64.1 Å². The molecule has 7 heteroatoms. The molecule has 1 aromatic rings. The van der Waals surface area contributed by atoms with Gasteiger partial charge in [0.25, 0.3) is 0 Å². The number of likely N-dealkylation sites (tertiary alicyclic amines) is 2. The van der Waals surface area contributed by atoms with Gasteiger partial charge in [-0.25, -0.2) is 9.59 Å². The summed E-state index contributed by atoms with van der Waals surface area (Å²) in [6.07, 6.45) is 3.87. The molecule has 0 radical (unpaired) electrons. The van der Waals surface area contributed by atoms with Gasteiger partial charge in [0.15, 0.2) is 0 Å². The van der Waals surface area contributed by atoms with Gasteiger partial charge in [0.2, 0.25) is 0 Å². The number of nitrogens with zero attached hydrogens (tertiary/aromatic N) is 4. The van der Waals surface area contributed by atoms with Crippen molar-refractivity contribution in [3.63, 3.8) is 0 Å². The van der Waals surface area contributed by atoms with Gasteiger partial charge >= 0.3 is 12.1 Å². The third kappa shape index (κ3) is 3.88. The van der Waals surface area contributed by atoms with Crippen molar-refractivity contribution in [3.8, 4) is 0 Å². The van der Waals surface area contributed by atoms with Crippen molar-refractivity contribution in [2.75, 3.05) is 58.3 Å². The standard InChI is InChI=1S/C24H36N4O3/c1-5-31-22(30)26-14-10-23(2,11-15-26)27-16-12-24(13-17-27)18-28(21(29)25(3)4)20-9-7-6-8-19(20)24/h6-9H,5,10-18H2,1-4H3. The summed E-state index contributed by atoms with van der Waals surface area (Å²) in [5.41, 5.74) is 2.55. The van der Waals surface area contributed by atoms with Crippen LogP contribution in [0.2, 0.25) is 0 Å². The Morgan fingerprint density at radius 1 is 1.03 bits per heavy atom. The van der Waals surface area contributed by atoms with Crippen LogP contribution in [0, 0.1) is 0 Å². The van der Waals surface area contributed by atoms with Crippen LogP contribution in [-0.2, 0) is 10.2 Å². The van der Waals surface area contributed by atoms with Gasteiger partial charge < -0.3 is 14.5 Å². The summed E-state index contributed by atoms with van der Waals surface area (Å²) in [4.78, 5) is 33.0. The predicted molar refractivity (Wildman–Crippen MR) is 122 cm³/mol. The molecule has 7 nitrogen and oxygen atoms in total. The maximum atomic E-state index is 12.8. The second-order valence-corrected chi connectivity index (χ2v) is 9.73. The van der Waals surface area contributed by atoms with Crippen LogP contribution in [0.25, 0.3) is 0 Å². The van der Waals surface area contributed by atoms with E-state index in [1.807, 2.05) is 36.9 Å². The number of amides is 3. The van der Waals surface area contributed by atoms with Crippen molar-refractivity contribution in [1.29, 1.82) is 0 Å². The SMILES string of the molecule is CCOC(=O)N1CCC(C)(N2CCC3(CC2)CN(C(=O)N(C)C)c2ccccc23)CC1. The van der Waals surface area contributed by atoms with E-state index in [1.54, 1.807) is 4.90 Å². The number of rotatable bonds is 2. The highest BCUT2D eigenvalue weighted by Gasteiger charge is 2.49. The summed E-state index contributed by atoms with van der Waals surface area (Å²) >= 11 is 0. The Morgan fingerprint density at radius 2 is 1.68 bits per heavy atom. The van der Waals surface area contributed by atoms with Crippen LogP contribution >= 0.6 is 0 Å². The Morgan fingerprint density at radius 3 is 2.29 bits per heavy atom. The van der Waals surface area contributed by atoms with E-state index in [1.165, 1.54) is 5.56 Å². The Hall–Kier alpha value is -2.28. The number of anilines is 1. The van der Waals surface area contributed by atoms with E-state index in [4.69, 9.17) is 4.74 Å². The molecule has 0 bridgehead atoms. The van der Waals surface area contributed by atoms with Crippen LogP contribution in [0.3, 0.4) is 0 Å². The molecule has 3 aliphatic rings. The van der Waals surface area contributed by atoms with Gasteiger partial charge in [-0.2, -0.15) is 0 Å². The molecular weight excluding hydrogens is 392 g/mol. The van der Waals surface area contributed by atoms with Crippen LogP contribution in [0.4, 0.5) is 15.3 Å². The lowest BCUT2D eigenvalue weighted by molar-refractivity contribution is 0.00550. The average molecular weight is 429 g/mol. The van der Waals surface area contributed by atoms with Gasteiger partial charge in [-0.05, 0) is 64.3 Å². The van der Waals surface area contributed by atoms with E-state index in [2.05, 4.69) is 30.0 Å². The Balaban J connectivity index is 1.44. The van der Waals surface area contributed by atoms with Crippen LogP contribution in [0.5, 0.6) is 0 Å². The summed E-state index contributed by atoms with van der Waals surface area (Å²) in [6.45, 7) is 8.94. The molecular formula is C24H36N4O3. The monoisotopic (exact) mass is 428 g/mol. The van der Waals surface area contributed by atoms with Crippen molar-refractivity contribution in [1.82, 2.24) is 14.7 Å². The number of ether oxygens (including phenoxy) is 1. The number of urea groups is 1. The normalized spacial score (nSPS) is 22.3. The van der Waals surface area contributed by atoms with Crippen molar-refractivity contribution >= 4 is 17.8 Å². The van der Waals surface area contributed by atoms with Crippen LogP contribution < -0.4 is 4.90 Å². The first-order chi connectivity index (χ1) is 14.8. The summed E-state index contributed by atoms with van der Waals surface area (Å²) in [7, 11) is 3.64. The molecule has 3 heterocycles. The van der Waals surface area contributed by atoms with Crippen LogP contribution in [-0.4, -0.2) is 85.8 Å². The summed E-state index contributed by atoms with van der Waals surface area (Å²) in [6, 6.07) is 8.49. The molecule has 1 aromatic carbocycles. The van der Waals surface area contributed by atoms with E-state index >= 15 is 0 Å². The topological polar surface area (TPSA) is 56.3 Å². The van der Waals surface area contributed by atoms with E-state index in [0.29, 0.717) is 6.61 Å². The van der Waals surface area contributed by atoms with Crippen LogP contribution in [0.15, 0.2) is 24.3 Å². The van der Waals surface area contributed by atoms with E-state index in [9.17, 15) is 9.59 Å². The van der Waals surface area contributed by atoms with Crippen molar-refractivity contribution in [2.45, 2.75) is 50.5 Å². The highest BCUT2D eigenvalue weighted by Crippen LogP contribution is 2.48. The molecule has 2 fully saturated rings. The fourth-order valence-electron chi connectivity index (χ4n) is 5.65. The number of hydrogen-bond donors (Lipinski definition) is 0. The Labute approximate surface area is 185 Å². The minimum absolute atomic E-state index is 0.0424. The lowest BCUT2D eigenvalue weighted by Crippen LogP contribution is -2.58. The van der Waals surface area contributed by atoms with Gasteiger partial charge in [0.05, 0.1) is 6.61 Å². The van der Waals surface area contributed by atoms with Crippen LogP contribution in [0.1, 0.15) is 45.1 Å². The molecule has 4 rings (SSSR count). The largest absolute Gasteiger partial charge is 0.450 e. The zero-order valence-electron chi connectivity index (χ0n) is 19.4. The molecule has 3 aliphatic heterocycles. The lowest BCUT2D eigenvalue weighted by atomic mass is 9.73. The number of carbonyl (C=O) groups is 2. The minimum Gasteiger partial charge on any atom is -0.450 e. The zero-order valence-corrected chi connectivity index (χ0v) is 19.4. The summed E-state index contributed by atoms with van der Waals surface area (Å²) in [5.74, 6) is 0.